The van der Waals surface area contributed by atoms with Gasteiger partial charge in [0, 0.05) is 34.5 Å². The van der Waals surface area contributed by atoms with Crippen molar-refractivity contribution in [3.05, 3.63) is 21.6 Å². The second kappa shape index (κ2) is 6.97. The molecule has 144 valence electrons. The molecule has 0 saturated carbocycles. The fourth-order valence-corrected chi connectivity index (χ4v) is 6.55. The van der Waals surface area contributed by atoms with Crippen molar-refractivity contribution >= 4 is 21.4 Å². The van der Waals surface area contributed by atoms with Gasteiger partial charge >= 0.3 is 6.18 Å². The zero-order valence-corrected chi connectivity index (χ0v) is 16.0. The lowest BCUT2D eigenvalue weighted by Crippen LogP contribution is -2.32. The highest BCUT2D eigenvalue weighted by Crippen LogP contribution is 2.41. The van der Waals surface area contributed by atoms with Gasteiger partial charge in [0.1, 0.15) is 10.6 Å². The molecule has 26 heavy (non-hydrogen) atoms. The van der Waals surface area contributed by atoms with Crippen LogP contribution in [0.4, 0.5) is 13.2 Å². The summed E-state index contributed by atoms with van der Waals surface area (Å²) < 4.78 is 70.8. The Morgan fingerprint density at radius 2 is 1.73 bits per heavy atom. The number of nitrogens with zero attached hydrogens (tertiary/aromatic N) is 2. The summed E-state index contributed by atoms with van der Waals surface area (Å²) in [5.41, 5.74) is 0.101. The SMILES string of the molecule is Cc1sc(C)c(S(=O)(=O)N2CCCCCC2)c1-c1cc(C(F)(F)F)on1. The van der Waals surface area contributed by atoms with Crippen LogP contribution in [0.1, 0.15) is 41.2 Å². The van der Waals surface area contributed by atoms with Crippen molar-refractivity contribution in [1.82, 2.24) is 9.46 Å². The minimum atomic E-state index is -4.67. The van der Waals surface area contributed by atoms with Crippen LogP contribution in [0.25, 0.3) is 11.3 Å². The maximum atomic E-state index is 13.2. The molecule has 0 bridgehead atoms. The highest BCUT2D eigenvalue weighted by atomic mass is 32.2. The third kappa shape index (κ3) is 3.54. The molecule has 1 fully saturated rings. The van der Waals surface area contributed by atoms with E-state index in [4.69, 9.17) is 0 Å². The van der Waals surface area contributed by atoms with Crippen LogP contribution in [0.3, 0.4) is 0 Å². The lowest BCUT2D eigenvalue weighted by molar-refractivity contribution is -0.155. The lowest BCUT2D eigenvalue weighted by atomic mass is 10.1. The summed E-state index contributed by atoms with van der Waals surface area (Å²) in [7, 11) is -3.82. The van der Waals surface area contributed by atoms with E-state index in [1.54, 1.807) is 13.8 Å². The molecule has 3 heterocycles. The summed E-state index contributed by atoms with van der Waals surface area (Å²) in [4.78, 5) is 1.18. The summed E-state index contributed by atoms with van der Waals surface area (Å²) in [5.74, 6) is -1.24. The van der Waals surface area contributed by atoms with Crippen LogP contribution in [-0.4, -0.2) is 31.0 Å². The Balaban J connectivity index is 2.10. The van der Waals surface area contributed by atoms with Crippen LogP contribution in [-0.2, 0) is 16.2 Å². The summed E-state index contributed by atoms with van der Waals surface area (Å²) in [6.07, 6.45) is -1.18. The number of halogens is 3. The Hall–Kier alpha value is -1.39. The third-order valence-electron chi connectivity index (χ3n) is 4.41. The molecule has 0 aliphatic carbocycles. The van der Waals surface area contributed by atoms with E-state index in [0.29, 0.717) is 22.8 Å². The molecule has 2 aromatic rings. The lowest BCUT2D eigenvalue weighted by Gasteiger charge is -2.20. The van der Waals surface area contributed by atoms with Gasteiger partial charge in [0.2, 0.25) is 15.8 Å². The second-order valence-corrected chi connectivity index (χ2v) is 9.61. The Labute approximate surface area is 153 Å². The molecule has 3 rings (SSSR count). The molecule has 0 aromatic carbocycles. The minimum Gasteiger partial charge on any atom is -0.351 e. The molecule has 1 saturated heterocycles. The first kappa shape index (κ1) is 19.4. The number of aryl methyl sites for hydroxylation is 2. The Morgan fingerprint density at radius 3 is 2.27 bits per heavy atom. The van der Waals surface area contributed by atoms with E-state index >= 15 is 0 Å². The van der Waals surface area contributed by atoms with E-state index in [9.17, 15) is 21.6 Å². The van der Waals surface area contributed by atoms with Crippen LogP contribution in [0.15, 0.2) is 15.5 Å². The smallest absolute Gasteiger partial charge is 0.351 e. The van der Waals surface area contributed by atoms with Gasteiger partial charge in [0.25, 0.3) is 0 Å². The predicted molar refractivity (Wildman–Crippen MR) is 91.5 cm³/mol. The topological polar surface area (TPSA) is 63.4 Å². The molecule has 0 unspecified atom stereocenters. The first-order valence-corrected chi connectivity index (χ1v) is 10.5. The fourth-order valence-electron chi connectivity index (χ4n) is 3.21. The average Bonchev–Trinajstić information content (AvgIpc) is 3.01. The average molecular weight is 408 g/mol. The highest BCUT2D eigenvalue weighted by Gasteiger charge is 2.38. The van der Waals surface area contributed by atoms with Gasteiger partial charge in [0.15, 0.2) is 0 Å². The van der Waals surface area contributed by atoms with E-state index in [2.05, 4.69) is 9.68 Å². The Kier molecular flexibility index (Phi) is 5.19. The number of aromatic nitrogens is 1. The molecule has 0 radical (unpaired) electrons. The maximum absolute atomic E-state index is 13.2. The molecule has 10 heteroatoms. The van der Waals surface area contributed by atoms with Crippen LogP contribution in [0.2, 0.25) is 0 Å². The van der Waals surface area contributed by atoms with Gasteiger partial charge in [-0.25, -0.2) is 8.42 Å². The highest BCUT2D eigenvalue weighted by molar-refractivity contribution is 7.89. The molecular weight excluding hydrogens is 389 g/mol. The quantitative estimate of drug-likeness (QED) is 0.744. The number of rotatable bonds is 3. The van der Waals surface area contributed by atoms with Gasteiger partial charge in [-0.3, -0.25) is 0 Å². The van der Waals surface area contributed by atoms with Crippen LogP contribution in [0, 0.1) is 13.8 Å². The largest absolute Gasteiger partial charge is 0.452 e. The molecular formula is C16H19F3N2O3S2. The second-order valence-electron chi connectivity index (χ2n) is 6.31. The first-order valence-electron chi connectivity index (χ1n) is 8.27. The van der Waals surface area contributed by atoms with Gasteiger partial charge < -0.3 is 4.52 Å². The summed E-state index contributed by atoms with van der Waals surface area (Å²) in [5, 5.41) is 3.49. The number of thiophene rings is 1. The number of hydrogen-bond donors (Lipinski definition) is 0. The Bertz CT molecular complexity index is 892. The van der Waals surface area contributed by atoms with Crippen LogP contribution in [0.5, 0.6) is 0 Å². The molecule has 1 aliphatic heterocycles. The van der Waals surface area contributed by atoms with Gasteiger partial charge in [0.05, 0.1) is 0 Å². The van der Waals surface area contributed by atoms with Crippen molar-refractivity contribution < 1.29 is 26.1 Å². The van der Waals surface area contributed by atoms with Gasteiger partial charge in [-0.15, -0.1) is 11.3 Å². The molecule has 0 atom stereocenters. The summed E-state index contributed by atoms with van der Waals surface area (Å²) in [6.45, 7) is 4.18. The van der Waals surface area contributed by atoms with Crippen molar-refractivity contribution in [3.63, 3.8) is 0 Å². The van der Waals surface area contributed by atoms with Gasteiger partial charge in [-0.05, 0) is 26.7 Å². The normalized spacial score (nSPS) is 17.4. The number of sulfonamides is 1. The predicted octanol–water partition coefficient (Wildman–Crippen LogP) is 4.60. The van der Waals surface area contributed by atoms with Crippen molar-refractivity contribution in [2.24, 2.45) is 0 Å². The van der Waals surface area contributed by atoms with E-state index in [1.165, 1.54) is 15.6 Å². The standard InChI is InChI=1S/C16H19F3N2O3S2/c1-10-14(12-9-13(24-20-12)16(17,18)19)15(11(2)25-10)26(22,23)21-7-5-3-4-6-8-21/h9H,3-8H2,1-2H3. The third-order valence-corrected chi connectivity index (χ3v) is 7.63. The molecule has 0 spiro atoms. The molecule has 2 aromatic heterocycles. The maximum Gasteiger partial charge on any atom is 0.452 e. The monoisotopic (exact) mass is 408 g/mol. The van der Waals surface area contributed by atoms with Crippen molar-refractivity contribution in [1.29, 1.82) is 0 Å². The zero-order chi connectivity index (χ0) is 19.1. The van der Waals surface area contributed by atoms with E-state index in [1.807, 2.05) is 0 Å². The van der Waals surface area contributed by atoms with Crippen molar-refractivity contribution in [3.8, 4) is 11.3 Å². The van der Waals surface area contributed by atoms with E-state index < -0.39 is 22.0 Å². The number of hydrogen-bond acceptors (Lipinski definition) is 5. The molecule has 0 N–H and O–H groups in total. The molecule has 5 nitrogen and oxygen atoms in total. The van der Waals surface area contributed by atoms with Crippen molar-refractivity contribution in [2.75, 3.05) is 13.1 Å². The first-order chi connectivity index (χ1) is 12.1. The summed E-state index contributed by atoms with van der Waals surface area (Å²) in [6, 6.07) is 0.760. The van der Waals surface area contributed by atoms with Crippen LogP contribution >= 0.6 is 11.3 Å². The molecule has 1 aliphatic rings. The van der Waals surface area contributed by atoms with E-state index in [0.717, 1.165) is 31.7 Å². The van der Waals surface area contributed by atoms with Gasteiger partial charge in [-0.2, -0.15) is 17.5 Å². The van der Waals surface area contributed by atoms with E-state index in [-0.39, 0.29) is 16.2 Å². The van der Waals surface area contributed by atoms with Crippen molar-refractivity contribution in [2.45, 2.75) is 50.6 Å². The zero-order valence-electron chi connectivity index (χ0n) is 14.4. The minimum absolute atomic E-state index is 0.0453. The van der Waals surface area contributed by atoms with Crippen LogP contribution < -0.4 is 0 Å². The van der Waals surface area contributed by atoms with Gasteiger partial charge in [-0.1, -0.05) is 18.0 Å². The summed E-state index contributed by atoms with van der Waals surface area (Å²) >= 11 is 1.23. The fraction of sp³-hybridized carbons (Fsp3) is 0.562. The molecule has 0 amide bonds. The number of alkyl halides is 3. The Morgan fingerprint density at radius 1 is 1.12 bits per heavy atom.